The van der Waals surface area contributed by atoms with Gasteiger partial charge >= 0.3 is 0 Å². The molecular formula is C16H23NO4. The first kappa shape index (κ1) is 15.8. The van der Waals surface area contributed by atoms with E-state index in [2.05, 4.69) is 6.92 Å². The molecule has 116 valence electrons. The largest absolute Gasteiger partial charge is 0.490 e. The number of non-ortho nitro benzene ring substituents is 1. The van der Waals surface area contributed by atoms with Crippen molar-refractivity contribution in [2.24, 2.45) is 5.92 Å². The first-order chi connectivity index (χ1) is 10.0. The molecule has 0 unspecified atom stereocenters. The van der Waals surface area contributed by atoms with Crippen molar-refractivity contribution in [2.45, 2.75) is 58.2 Å². The van der Waals surface area contributed by atoms with E-state index in [1.54, 1.807) is 13.0 Å². The maximum Gasteiger partial charge on any atom is 0.270 e. The van der Waals surface area contributed by atoms with Gasteiger partial charge in [0.25, 0.3) is 5.69 Å². The third-order valence-corrected chi connectivity index (χ3v) is 4.32. The average Bonchev–Trinajstić information content (AvgIpc) is 2.48. The van der Waals surface area contributed by atoms with E-state index in [0.29, 0.717) is 11.3 Å². The molecule has 1 aliphatic carbocycles. The van der Waals surface area contributed by atoms with E-state index < -0.39 is 11.0 Å². The van der Waals surface area contributed by atoms with Gasteiger partial charge in [-0.15, -0.1) is 0 Å². The van der Waals surface area contributed by atoms with Crippen molar-refractivity contribution in [3.05, 3.63) is 33.9 Å². The van der Waals surface area contributed by atoms with Gasteiger partial charge in [-0.2, -0.15) is 0 Å². The Bertz CT molecular complexity index is 493. The Labute approximate surface area is 125 Å². The summed E-state index contributed by atoms with van der Waals surface area (Å²) in [5, 5.41) is 20.6. The Balaban J connectivity index is 2.11. The van der Waals surface area contributed by atoms with Crippen LogP contribution in [0.5, 0.6) is 5.75 Å². The molecule has 0 heterocycles. The molecule has 1 aromatic rings. The summed E-state index contributed by atoms with van der Waals surface area (Å²) in [6.45, 7) is 3.81. The fourth-order valence-corrected chi connectivity index (χ4v) is 2.92. The van der Waals surface area contributed by atoms with Gasteiger partial charge in [0.15, 0.2) is 0 Å². The van der Waals surface area contributed by atoms with Crippen molar-refractivity contribution in [1.29, 1.82) is 0 Å². The van der Waals surface area contributed by atoms with Crippen molar-refractivity contribution in [3.63, 3.8) is 0 Å². The lowest BCUT2D eigenvalue weighted by Gasteiger charge is -2.29. The maximum atomic E-state index is 10.8. The molecule has 1 aliphatic rings. The van der Waals surface area contributed by atoms with Gasteiger partial charge in [-0.25, -0.2) is 0 Å². The summed E-state index contributed by atoms with van der Waals surface area (Å²) in [4.78, 5) is 10.4. The van der Waals surface area contributed by atoms with Crippen molar-refractivity contribution in [1.82, 2.24) is 0 Å². The molecule has 0 spiro atoms. The van der Waals surface area contributed by atoms with Gasteiger partial charge in [-0.1, -0.05) is 13.3 Å². The summed E-state index contributed by atoms with van der Waals surface area (Å²) >= 11 is 0. The number of nitro benzene ring substituents is 1. The Hall–Kier alpha value is -1.62. The van der Waals surface area contributed by atoms with Gasteiger partial charge in [-0.05, 0) is 44.6 Å². The second-order valence-corrected chi connectivity index (χ2v) is 5.82. The predicted octanol–water partition coefficient (Wildman–Crippen LogP) is 4.00. The number of nitrogens with zero attached hydrogens (tertiary/aromatic N) is 1. The fourth-order valence-electron chi connectivity index (χ4n) is 2.92. The topological polar surface area (TPSA) is 72.6 Å². The average molecular weight is 293 g/mol. The van der Waals surface area contributed by atoms with E-state index in [0.717, 1.165) is 31.6 Å². The number of rotatable bonds is 5. The Morgan fingerprint density at radius 3 is 2.57 bits per heavy atom. The molecule has 1 N–H and O–H groups in total. The minimum atomic E-state index is -0.785. The molecule has 1 saturated carbocycles. The van der Waals surface area contributed by atoms with Crippen molar-refractivity contribution in [2.75, 3.05) is 0 Å². The van der Waals surface area contributed by atoms with Gasteiger partial charge < -0.3 is 9.84 Å². The number of ether oxygens (including phenoxy) is 1. The van der Waals surface area contributed by atoms with Crippen LogP contribution < -0.4 is 4.74 Å². The van der Waals surface area contributed by atoms with Crippen LogP contribution in [0.3, 0.4) is 0 Å². The van der Waals surface area contributed by atoms with Crippen LogP contribution in [-0.2, 0) is 0 Å². The lowest BCUT2D eigenvalue weighted by atomic mass is 9.86. The quantitative estimate of drug-likeness (QED) is 0.658. The molecule has 0 aromatic heterocycles. The van der Waals surface area contributed by atoms with Crippen LogP contribution in [0.2, 0.25) is 0 Å². The molecule has 0 bridgehead atoms. The SMILES string of the molecule is CCC1CCC(Oc2ccc([N+](=O)[O-])cc2[C@H](C)O)CC1. The third kappa shape index (κ3) is 3.94. The van der Waals surface area contributed by atoms with E-state index in [1.165, 1.54) is 18.6 Å². The van der Waals surface area contributed by atoms with E-state index >= 15 is 0 Å². The van der Waals surface area contributed by atoms with E-state index in [1.807, 2.05) is 0 Å². The Morgan fingerprint density at radius 2 is 2.05 bits per heavy atom. The van der Waals surface area contributed by atoms with Crippen LogP contribution in [-0.4, -0.2) is 16.1 Å². The van der Waals surface area contributed by atoms with Crippen LogP contribution in [0.15, 0.2) is 18.2 Å². The molecular weight excluding hydrogens is 270 g/mol. The molecule has 5 nitrogen and oxygen atoms in total. The number of hydrogen-bond donors (Lipinski definition) is 1. The number of hydrogen-bond acceptors (Lipinski definition) is 4. The number of aliphatic hydroxyl groups is 1. The number of aliphatic hydroxyl groups excluding tert-OH is 1. The number of benzene rings is 1. The summed E-state index contributed by atoms with van der Waals surface area (Å²) in [5.74, 6) is 1.36. The minimum absolute atomic E-state index is 0.0204. The van der Waals surface area contributed by atoms with Crippen molar-refractivity contribution in [3.8, 4) is 5.75 Å². The lowest BCUT2D eigenvalue weighted by Crippen LogP contribution is -2.24. The first-order valence-corrected chi connectivity index (χ1v) is 7.64. The highest BCUT2D eigenvalue weighted by atomic mass is 16.6. The van der Waals surface area contributed by atoms with Gasteiger partial charge in [0.1, 0.15) is 5.75 Å². The van der Waals surface area contributed by atoms with Gasteiger partial charge in [0, 0.05) is 17.7 Å². The smallest absolute Gasteiger partial charge is 0.270 e. The van der Waals surface area contributed by atoms with E-state index in [9.17, 15) is 15.2 Å². The van der Waals surface area contributed by atoms with Crippen LogP contribution >= 0.6 is 0 Å². The van der Waals surface area contributed by atoms with Crippen LogP contribution in [0.4, 0.5) is 5.69 Å². The third-order valence-electron chi connectivity index (χ3n) is 4.32. The highest BCUT2D eigenvalue weighted by Gasteiger charge is 2.23. The van der Waals surface area contributed by atoms with Gasteiger partial charge in [-0.3, -0.25) is 10.1 Å². The van der Waals surface area contributed by atoms with E-state index in [-0.39, 0.29) is 11.8 Å². The fraction of sp³-hybridized carbons (Fsp3) is 0.625. The molecule has 0 amide bonds. The maximum absolute atomic E-state index is 10.8. The monoisotopic (exact) mass is 293 g/mol. The Morgan fingerprint density at radius 1 is 1.38 bits per heavy atom. The van der Waals surface area contributed by atoms with E-state index in [4.69, 9.17) is 4.74 Å². The standard InChI is InChI=1S/C16H23NO4/c1-3-12-4-7-14(8-5-12)21-16-9-6-13(17(19)20)10-15(16)11(2)18/h6,9-12,14,18H,3-5,7-8H2,1-2H3/t11-,12?,14?/m0/s1. The normalized spacial score (nSPS) is 23.6. The predicted molar refractivity (Wildman–Crippen MR) is 80.4 cm³/mol. The minimum Gasteiger partial charge on any atom is -0.490 e. The summed E-state index contributed by atoms with van der Waals surface area (Å²) in [5.41, 5.74) is 0.467. The van der Waals surface area contributed by atoms with Crippen LogP contribution in [0.1, 0.15) is 57.6 Å². The molecule has 0 saturated heterocycles. The summed E-state index contributed by atoms with van der Waals surface area (Å²) in [6.07, 6.45) is 4.92. The first-order valence-electron chi connectivity index (χ1n) is 7.64. The zero-order valence-corrected chi connectivity index (χ0v) is 12.6. The highest BCUT2D eigenvalue weighted by molar-refractivity contribution is 5.44. The highest BCUT2D eigenvalue weighted by Crippen LogP contribution is 2.34. The van der Waals surface area contributed by atoms with Crippen LogP contribution in [0.25, 0.3) is 0 Å². The summed E-state index contributed by atoms with van der Waals surface area (Å²) in [6, 6.07) is 4.43. The molecule has 2 rings (SSSR count). The molecule has 0 radical (unpaired) electrons. The molecule has 0 aliphatic heterocycles. The van der Waals surface area contributed by atoms with Crippen molar-refractivity contribution >= 4 is 5.69 Å². The summed E-state index contributed by atoms with van der Waals surface area (Å²) < 4.78 is 5.99. The molecule has 1 atom stereocenters. The molecule has 5 heteroatoms. The Kier molecular flexibility index (Phi) is 5.17. The zero-order chi connectivity index (χ0) is 15.4. The molecule has 1 fully saturated rings. The van der Waals surface area contributed by atoms with Crippen LogP contribution in [0, 0.1) is 16.0 Å². The lowest BCUT2D eigenvalue weighted by molar-refractivity contribution is -0.385. The summed E-state index contributed by atoms with van der Waals surface area (Å²) in [7, 11) is 0. The second-order valence-electron chi connectivity index (χ2n) is 5.82. The number of nitro groups is 1. The van der Waals surface area contributed by atoms with Crippen molar-refractivity contribution < 1.29 is 14.8 Å². The molecule has 1 aromatic carbocycles. The zero-order valence-electron chi connectivity index (χ0n) is 12.6. The van der Waals surface area contributed by atoms with Gasteiger partial charge in [0.2, 0.25) is 0 Å². The molecule has 21 heavy (non-hydrogen) atoms. The second kappa shape index (κ2) is 6.89. The van der Waals surface area contributed by atoms with Gasteiger partial charge in [0.05, 0.1) is 17.1 Å².